The van der Waals surface area contributed by atoms with E-state index in [1.54, 1.807) is 6.07 Å². The second kappa shape index (κ2) is 8.17. The average molecular weight is 448 g/mol. The van der Waals surface area contributed by atoms with Crippen LogP contribution >= 0.6 is 11.6 Å². The molecule has 0 atom stereocenters. The van der Waals surface area contributed by atoms with Crippen LogP contribution in [0.2, 0.25) is 5.02 Å². The number of halogens is 5. The van der Waals surface area contributed by atoms with Crippen LogP contribution < -0.4 is 0 Å². The standard InChI is InChI=1S/C19H14ClF4NO3S/c20-15-3-5-18(6-4-15)29(26,27)25(12-17-2-1-7-28-17)11-13-8-14(19(22,23)24)10-16(21)9-13/h1-10H,11-12H2. The van der Waals surface area contributed by atoms with E-state index in [-0.39, 0.29) is 22.8 Å². The maximum atomic E-state index is 13.7. The van der Waals surface area contributed by atoms with Gasteiger partial charge >= 0.3 is 6.18 Å². The Morgan fingerprint density at radius 2 is 1.69 bits per heavy atom. The fourth-order valence-electron chi connectivity index (χ4n) is 2.67. The highest BCUT2D eigenvalue weighted by Crippen LogP contribution is 2.31. The van der Waals surface area contributed by atoms with Crippen molar-refractivity contribution in [2.45, 2.75) is 24.2 Å². The highest BCUT2D eigenvalue weighted by molar-refractivity contribution is 7.89. The first kappa shape index (κ1) is 21.4. The molecule has 0 saturated carbocycles. The molecular weight excluding hydrogens is 434 g/mol. The Morgan fingerprint density at radius 1 is 1.00 bits per heavy atom. The van der Waals surface area contributed by atoms with Crippen LogP contribution in [0, 0.1) is 5.82 Å². The molecule has 0 unspecified atom stereocenters. The fraction of sp³-hybridized carbons (Fsp3) is 0.158. The lowest BCUT2D eigenvalue weighted by Gasteiger charge is -2.22. The Hall–Kier alpha value is -2.36. The minimum absolute atomic E-state index is 0.110. The third-order valence-electron chi connectivity index (χ3n) is 4.01. The van der Waals surface area contributed by atoms with Gasteiger partial charge in [-0.2, -0.15) is 17.5 Å². The van der Waals surface area contributed by atoms with Gasteiger partial charge in [0.05, 0.1) is 23.3 Å². The van der Waals surface area contributed by atoms with Crippen molar-refractivity contribution in [1.82, 2.24) is 4.31 Å². The Labute approximate surface area is 169 Å². The van der Waals surface area contributed by atoms with E-state index >= 15 is 0 Å². The summed E-state index contributed by atoms with van der Waals surface area (Å²) in [6.45, 7) is -0.748. The van der Waals surface area contributed by atoms with Crippen LogP contribution in [0.3, 0.4) is 0 Å². The summed E-state index contributed by atoms with van der Waals surface area (Å²) in [6, 6.07) is 10.3. The Morgan fingerprint density at radius 3 is 2.28 bits per heavy atom. The quantitative estimate of drug-likeness (QED) is 0.470. The van der Waals surface area contributed by atoms with Crippen LogP contribution in [0.15, 0.2) is 70.2 Å². The lowest BCUT2D eigenvalue weighted by atomic mass is 10.1. The van der Waals surface area contributed by atoms with Crippen molar-refractivity contribution in [1.29, 1.82) is 0 Å². The number of sulfonamides is 1. The Bertz CT molecular complexity index is 1080. The van der Waals surface area contributed by atoms with Gasteiger partial charge in [0, 0.05) is 11.6 Å². The van der Waals surface area contributed by atoms with Gasteiger partial charge in [-0.25, -0.2) is 12.8 Å². The second-order valence-corrected chi connectivity index (χ2v) is 8.53. The van der Waals surface area contributed by atoms with Gasteiger partial charge < -0.3 is 4.42 Å². The van der Waals surface area contributed by atoms with Gasteiger partial charge in [0.1, 0.15) is 11.6 Å². The van der Waals surface area contributed by atoms with Gasteiger partial charge in [0.2, 0.25) is 10.0 Å². The van der Waals surface area contributed by atoms with Gasteiger partial charge in [-0.05, 0) is 60.2 Å². The lowest BCUT2D eigenvalue weighted by Crippen LogP contribution is -2.30. The first-order valence-electron chi connectivity index (χ1n) is 8.20. The summed E-state index contributed by atoms with van der Waals surface area (Å²) in [5.74, 6) is -0.841. The summed E-state index contributed by atoms with van der Waals surface area (Å²) < 4.78 is 85.0. The van der Waals surface area contributed by atoms with E-state index in [0.29, 0.717) is 11.1 Å². The van der Waals surface area contributed by atoms with E-state index in [0.717, 1.165) is 16.4 Å². The van der Waals surface area contributed by atoms with Gasteiger partial charge in [0.25, 0.3) is 0 Å². The van der Waals surface area contributed by atoms with Crippen molar-refractivity contribution < 1.29 is 30.4 Å². The fourth-order valence-corrected chi connectivity index (χ4v) is 4.19. The predicted octanol–water partition coefficient (Wildman–Crippen LogP) is 5.48. The molecule has 0 saturated heterocycles. The molecule has 0 radical (unpaired) electrons. The molecule has 0 bridgehead atoms. The number of hydrogen-bond acceptors (Lipinski definition) is 3. The molecule has 0 aliphatic carbocycles. The van der Waals surface area contributed by atoms with Crippen LogP contribution in [0.25, 0.3) is 0 Å². The number of furan rings is 1. The SMILES string of the molecule is O=S(=O)(c1ccc(Cl)cc1)N(Cc1cc(F)cc(C(F)(F)F)c1)Cc1ccco1. The molecule has 1 aromatic heterocycles. The van der Waals surface area contributed by atoms with Crippen molar-refractivity contribution in [3.8, 4) is 0 Å². The van der Waals surface area contributed by atoms with E-state index in [9.17, 15) is 26.0 Å². The van der Waals surface area contributed by atoms with Crippen LogP contribution in [0.4, 0.5) is 17.6 Å². The minimum atomic E-state index is -4.77. The molecule has 0 spiro atoms. The molecular formula is C19H14ClF4NO3S. The van der Waals surface area contributed by atoms with Crippen LogP contribution in [0.5, 0.6) is 0 Å². The number of alkyl halides is 3. The molecule has 4 nitrogen and oxygen atoms in total. The normalized spacial score (nSPS) is 12.5. The second-order valence-electron chi connectivity index (χ2n) is 6.15. The van der Waals surface area contributed by atoms with Crippen LogP contribution in [-0.2, 0) is 29.3 Å². The minimum Gasteiger partial charge on any atom is -0.468 e. The molecule has 3 aromatic rings. The molecule has 1 heterocycles. The largest absolute Gasteiger partial charge is 0.468 e. The van der Waals surface area contributed by atoms with Gasteiger partial charge in [-0.3, -0.25) is 0 Å². The molecule has 29 heavy (non-hydrogen) atoms. The Kier molecular flexibility index (Phi) is 6.02. The summed E-state index contributed by atoms with van der Waals surface area (Å²) in [4.78, 5) is -0.110. The molecule has 0 N–H and O–H groups in total. The summed E-state index contributed by atoms with van der Waals surface area (Å²) in [7, 11) is -4.14. The maximum absolute atomic E-state index is 13.7. The molecule has 3 rings (SSSR count). The van der Waals surface area contributed by atoms with E-state index in [4.69, 9.17) is 16.0 Å². The smallest absolute Gasteiger partial charge is 0.416 e. The van der Waals surface area contributed by atoms with Crippen LogP contribution in [-0.4, -0.2) is 12.7 Å². The molecule has 154 valence electrons. The average Bonchev–Trinajstić information content (AvgIpc) is 3.13. The maximum Gasteiger partial charge on any atom is 0.416 e. The highest BCUT2D eigenvalue weighted by Gasteiger charge is 2.32. The van der Waals surface area contributed by atoms with Crippen molar-refractivity contribution in [3.63, 3.8) is 0 Å². The van der Waals surface area contributed by atoms with Gasteiger partial charge in [-0.1, -0.05) is 11.6 Å². The predicted molar refractivity (Wildman–Crippen MR) is 98.0 cm³/mol. The van der Waals surface area contributed by atoms with Crippen molar-refractivity contribution in [2.24, 2.45) is 0 Å². The molecule has 10 heteroatoms. The summed E-state index contributed by atoms with van der Waals surface area (Å²) in [6.07, 6.45) is -3.43. The van der Waals surface area contributed by atoms with Gasteiger partial charge in [-0.15, -0.1) is 0 Å². The number of hydrogen-bond donors (Lipinski definition) is 0. The van der Waals surface area contributed by atoms with Crippen molar-refractivity contribution in [2.75, 3.05) is 0 Å². The summed E-state index contributed by atoms with van der Waals surface area (Å²) in [5.41, 5.74) is -1.35. The number of nitrogens with zero attached hydrogens (tertiary/aromatic N) is 1. The van der Waals surface area contributed by atoms with Crippen LogP contribution in [0.1, 0.15) is 16.9 Å². The third-order valence-corrected chi connectivity index (χ3v) is 6.07. The lowest BCUT2D eigenvalue weighted by molar-refractivity contribution is -0.137. The zero-order valence-corrected chi connectivity index (χ0v) is 16.2. The molecule has 0 aliphatic heterocycles. The van der Waals surface area contributed by atoms with E-state index in [2.05, 4.69) is 0 Å². The zero-order chi connectivity index (χ0) is 21.2. The monoisotopic (exact) mass is 447 g/mol. The summed E-state index contributed by atoms with van der Waals surface area (Å²) in [5, 5.41) is 0.321. The third kappa shape index (κ3) is 5.17. The van der Waals surface area contributed by atoms with E-state index in [1.165, 1.54) is 36.6 Å². The summed E-state index contributed by atoms with van der Waals surface area (Å²) >= 11 is 5.79. The molecule has 0 aliphatic rings. The van der Waals surface area contributed by atoms with Crippen molar-refractivity contribution in [3.05, 3.63) is 88.6 Å². The zero-order valence-electron chi connectivity index (χ0n) is 14.7. The number of benzene rings is 2. The van der Waals surface area contributed by atoms with Crippen molar-refractivity contribution >= 4 is 21.6 Å². The molecule has 0 amide bonds. The first-order valence-corrected chi connectivity index (χ1v) is 10.0. The highest BCUT2D eigenvalue weighted by atomic mass is 35.5. The Balaban J connectivity index is 2.01. The molecule has 0 fully saturated rings. The van der Waals surface area contributed by atoms with Gasteiger partial charge in [0.15, 0.2) is 0 Å². The van der Waals surface area contributed by atoms with E-state index < -0.39 is 34.1 Å². The molecule has 2 aromatic carbocycles. The number of rotatable bonds is 6. The topological polar surface area (TPSA) is 50.5 Å². The van der Waals surface area contributed by atoms with E-state index in [1.807, 2.05) is 0 Å². The first-order chi connectivity index (χ1) is 13.6.